The zero-order chi connectivity index (χ0) is 28.4. The van der Waals surface area contributed by atoms with Crippen LogP contribution >= 0.6 is 0 Å². The van der Waals surface area contributed by atoms with Crippen LogP contribution in [-0.4, -0.2) is 84.5 Å². The molecule has 214 valence electrons. The second-order valence-corrected chi connectivity index (χ2v) is 12.3. The van der Waals surface area contributed by atoms with Gasteiger partial charge in [-0.25, -0.2) is 9.78 Å². The summed E-state index contributed by atoms with van der Waals surface area (Å²) in [6.07, 6.45) is 0.685. The molecule has 0 radical (unpaired) electrons. The minimum atomic E-state index is -0.519. The maximum Gasteiger partial charge on any atom is 0.410 e. The van der Waals surface area contributed by atoms with Gasteiger partial charge in [0, 0.05) is 64.5 Å². The maximum atomic E-state index is 12.7. The molecule has 3 aliphatic heterocycles. The summed E-state index contributed by atoms with van der Waals surface area (Å²) < 4.78 is 11.6. The number of nitriles is 1. The summed E-state index contributed by atoms with van der Waals surface area (Å²) in [6.45, 7) is 16.2. The molecule has 5 rings (SSSR count). The lowest BCUT2D eigenvalue weighted by Gasteiger charge is -2.41. The van der Waals surface area contributed by atoms with Gasteiger partial charge in [-0.1, -0.05) is 30.3 Å². The van der Waals surface area contributed by atoms with Crippen molar-refractivity contribution >= 4 is 17.7 Å². The molecule has 2 atom stereocenters. The van der Waals surface area contributed by atoms with Crippen molar-refractivity contribution in [1.29, 1.82) is 5.26 Å². The van der Waals surface area contributed by atoms with Gasteiger partial charge in [-0.05, 0) is 52.2 Å². The van der Waals surface area contributed by atoms with Crippen LogP contribution in [0.1, 0.15) is 56.9 Å². The number of ether oxygens (including phenoxy) is 2. The third-order valence-electron chi connectivity index (χ3n) is 7.74. The van der Waals surface area contributed by atoms with Gasteiger partial charge >= 0.3 is 6.09 Å². The fourth-order valence-corrected chi connectivity index (χ4v) is 6.02. The molecule has 2 fully saturated rings. The number of benzene rings is 1. The number of rotatable bonds is 4. The molecule has 2 saturated heterocycles. The van der Waals surface area contributed by atoms with E-state index < -0.39 is 5.60 Å². The highest BCUT2D eigenvalue weighted by atomic mass is 16.6. The van der Waals surface area contributed by atoms with Crippen LogP contribution < -0.4 is 9.80 Å². The average molecular weight is 547 g/mol. The maximum absolute atomic E-state index is 12.7. The molecule has 1 amide bonds. The van der Waals surface area contributed by atoms with E-state index in [4.69, 9.17) is 14.5 Å². The quantitative estimate of drug-likeness (QED) is 0.565. The Bertz CT molecular complexity index is 1240. The summed E-state index contributed by atoms with van der Waals surface area (Å²) in [5, 5.41) is 10.5. The van der Waals surface area contributed by atoms with Crippen LogP contribution in [0, 0.1) is 11.3 Å². The molecule has 9 heteroatoms. The number of aromatic nitrogens is 1. The van der Waals surface area contributed by atoms with Gasteiger partial charge in [0.15, 0.2) is 0 Å². The largest absolute Gasteiger partial charge is 0.444 e. The van der Waals surface area contributed by atoms with E-state index in [1.807, 2.05) is 26.8 Å². The minimum Gasteiger partial charge on any atom is -0.444 e. The number of pyridine rings is 1. The molecule has 1 aromatic heterocycles. The van der Waals surface area contributed by atoms with Gasteiger partial charge in [0.2, 0.25) is 0 Å². The zero-order valence-electron chi connectivity index (χ0n) is 24.5. The number of carbonyl (C=O) groups is 1. The number of hydrogen-bond acceptors (Lipinski definition) is 8. The lowest BCUT2D eigenvalue weighted by Crippen LogP contribution is -2.51. The molecule has 0 bridgehead atoms. The van der Waals surface area contributed by atoms with Crippen molar-refractivity contribution in [3.8, 4) is 6.07 Å². The molecule has 1 aromatic carbocycles. The molecule has 9 nitrogen and oxygen atoms in total. The Morgan fingerprint density at radius 1 is 1.00 bits per heavy atom. The van der Waals surface area contributed by atoms with E-state index in [2.05, 4.69) is 58.9 Å². The zero-order valence-corrected chi connectivity index (χ0v) is 24.5. The third kappa shape index (κ3) is 6.34. The standard InChI is InChI=1S/C31H42N6O3/c1-22-18-37(19-23(2)39-22)29-26(17-32)27-21-34(20-24-9-7-6-8-10-24)12-11-25(27)28(33-29)35-13-15-36(16-14-35)30(38)40-31(3,4)5/h6-10,22-23H,11-16,18-21H2,1-5H3. The van der Waals surface area contributed by atoms with Crippen LogP contribution in [0.4, 0.5) is 16.4 Å². The summed E-state index contributed by atoms with van der Waals surface area (Å²) >= 11 is 0. The van der Waals surface area contributed by atoms with Crippen molar-refractivity contribution in [3.63, 3.8) is 0 Å². The number of morpholine rings is 1. The van der Waals surface area contributed by atoms with Crippen molar-refractivity contribution < 1.29 is 14.3 Å². The highest BCUT2D eigenvalue weighted by Gasteiger charge is 2.34. The van der Waals surface area contributed by atoms with Crippen LogP contribution in [0.15, 0.2) is 30.3 Å². The van der Waals surface area contributed by atoms with Crippen LogP contribution in [0.5, 0.6) is 0 Å². The first-order valence-corrected chi connectivity index (χ1v) is 14.5. The fourth-order valence-electron chi connectivity index (χ4n) is 6.02. The molecule has 40 heavy (non-hydrogen) atoms. The van der Waals surface area contributed by atoms with Gasteiger partial charge in [0.25, 0.3) is 0 Å². The molecule has 0 saturated carbocycles. The Kier molecular flexibility index (Phi) is 8.20. The Morgan fingerprint density at radius 3 is 2.30 bits per heavy atom. The normalized spacial score (nSPS) is 22.1. The van der Waals surface area contributed by atoms with E-state index in [-0.39, 0.29) is 18.3 Å². The number of carbonyl (C=O) groups excluding carboxylic acids is 1. The second-order valence-electron chi connectivity index (χ2n) is 12.3. The Balaban J connectivity index is 1.46. The minimum absolute atomic E-state index is 0.0588. The lowest BCUT2D eigenvalue weighted by molar-refractivity contribution is -0.00548. The average Bonchev–Trinajstić information content (AvgIpc) is 2.91. The molecule has 0 aliphatic carbocycles. The first-order chi connectivity index (χ1) is 19.1. The molecular formula is C31H42N6O3. The molecule has 2 aromatic rings. The highest BCUT2D eigenvalue weighted by molar-refractivity contribution is 5.70. The van der Waals surface area contributed by atoms with Gasteiger partial charge in [-0.2, -0.15) is 5.26 Å². The van der Waals surface area contributed by atoms with Crippen molar-refractivity contribution in [2.24, 2.45) is 0 Å². The first-order valence-electron chi connectivity index (χ1n) is 14.5. The van der Waals surface area contributed by atoms with E-state index in [0.717, 1.165) is 36.7 Å². The van der Waals surface area contributed by atoms with E-state index in [1.54, 1.807) is 4.90 Å². The molecule has 3 aliphatic rings. The van der Waals surface area contributed by atoms with E-state index in [1.165, 1.54) is 11.1 Å². The Hall–Kier alpha value is -3.35. The Labute approximate surface area is 238 Å². The van der Waals surface area contributed by atoms with Gasteiger partial charge < -0.3 is 24.2 Å². The number of nitrogens with zero attached hydrogens (tertiary/aromatic N) is 6. The van der Waals surface area contributed by atoms with Crippen LogP contribution in [0.3, 0.4) is 0 Å². The summed E-state index contributed by atoms with van der Waals surface area (Å²) in [6, 6.07) is 13.1. The smallest absolute Gasteiger partial charge is 0.410 e. The fraction of sp³-hybridized carbons (Fsp3) is 0.581. The predicted molar refractivity (Wildman–Crippen MR) is 155 cm³/mol. The molecule has 0 N–H and O–H groups in total. The lowest BCUT2D eigenvalue weighted by atomic mass is 9.94. The Morgan fingerprint density at radius 2 is 1.68 bits per heavy atom. The second kappa shape index (κ2) is 11.6. The molecule has 4 heterocycles. The van der Waals surface area contributed by atoms with E-state index in [0.29, 0.717) is 51.4 Å². The highest BCUT2D eigenvalue weighted by Crippen LogP contribution is 2.37. The van der Waals surface area contributed by atoms with Gasteiger partial charge in [-0.15, -0.1) is 0 Å². The van der Waals surface area contributed by atoms with Crippen molar-refractivity contribution in [1.82, 2.24) is 14.8 Å². The topological polar surface area (TPSA) is 85.2 Å². The van der Waals surface area contributed by atoms with Crippen molar-refractivity contribution in [2.45, 2.75) is 71.9 Å². The third-order valence-corrected chi connectivity index (χ3v) is 7.74. The van der Waals surface area contributed by atoms with Gasteiger partial charge in [0.1, 0.15) is 23.3 Å². The van der Waals surface area contributed by atoms with Crippen molar-refractivity contribution in [3.05, 3.63) is 52.6 Å². The van der Waals surface area contributed by atoms with Gasteiger partial charge in [0.05, 0.1) is 17.8 Å². The van der Waals surface area contributed by atoms with Crippen LogP contribution in [-0.2, 0) is 29.0 Å². The van der Waals surface area contributed by atoms with Crippen LogP contribution in [0.2, 0.25) is 0 Å². The molecule has 2 unspecified atom stereocenters. The van der Waals surface area contributed by atoms with Crippen LogP contribution in [0.25, 0.3) is 0 Å². The summed E-state index contributed by atoms with van der Waals surface area (Å²) in [7, 11) is 0. The summed E-state index contributed by atoms with van der Waals surface area (Å²) in [4.78, 5) is 26.7. The number of amides is 1. The molecular weight excluding hydrogens is 504 g/mol. The predicted octanol–water partition coefficient (Wildman–Crippen LogP) is 4.18. The number of piperazine rings is 1. The number of fused-ring (bicyclic) bond motifs is 1. The summed E-state index contributed by atoms with van der Waals surface area (Å²) in [5.41, 5.74) is 3.70. The first kappa shape index (κ1) is 28.2. The van der Waals surface area contributed by atoms with E-state index >= 15 is 0 Å². The molecule has 0 spiro atoms. The van der Waals surface area contributed by atoms with E-state index in [9.17, 15) is 10.1 Å². The SMILES string of the molecule is CC1CN(c2nc(N3CCN(C(=O)OC(C)(C)C)CC3)c3c(c2C#N)CN(Cc2ccccc2)CC3)CC(C)O1. The van der Waals surface area contributed by atoms with Gasteiger partial charge in [-0.3, -0.25) is 4.90 Å². The summed E-state index contributed by atoms with van der Waals surface area (Å²) in [5.74, 6) is 1.72. The number of hydrogen-bond donors (Lipinski definition) is 0. The monoisotopic (exact) mass is 546 g/mol. The van der Waals surface area contributed by atoms with Crippen molar-refractivity contribution in [2.75, 3.05) is 55.6 Å². The number of anilines is 2.